The van der Waals surface area contributed by atoms with Gasteiger partial charge >= 0.3 is 5.97 Å². The van der Waals surface area contributed by atoms with E-state index < -0.39 is 67.4 Å². The summed E-state index contributed by atoms with van der Waals surface area (Å²) in [6.45, 7) is 5.64. The maximum atomic E-state index is 13.4. The molecule has 11 heteroatoms. The second-order valence-corrected chi connectivity index (χ2v) is 20.0. The first-order valence-electron chi connectivity index (χ1n) is 29.2. The molecule has 0 bridgehead atoms. The number of amides is 1. The zero-order valence-corrected chi connectivity index (χ0v) is 45.8. The highest BCUT2D eigenvalue weighted by atomic mass is 16.7. The highest BCUT2D eigenvalue weighted by Crippen LogP contribution is 2.26. The third-order valence-corrected chi connectivity index (χ3v) is 13.4. The molecule has 0 spiro atoms. The van der Waals surface area contributed by atoms with Crippen LogP contribution in [0.4, 0.5) is 0 Å². The van der Waals surface area contributed by atoms with Crippen LogP contribution in [0.3, 0.4) is 0 Å². The van der Waals surface area contributed by atoms with Gasteiger partial charge in [-0.2, -0.15) is 0 Å². The molecule has 8 atom stereocenters. The summed E-state index contributed by atoms with van der Waals surface area (Å²) in [5.41, 5.74) is 0. The van der Waals surface area contributed by atoms with Crippen LogP contribution < -0.4 is 5.32 Å². The molecule has 6 N–H and O–H groups in total. The van der Waals surface area contributed by atoms with E-state index >= 15 is 0 Å². The third kappa shape index (κ3) is 36.9. The van der Waals surface area contributed by atoms with Crippen LogP contribution >= 0.6 is 0 Å². The molecular formula is C61H107NO10. The number of carbonyl (C=O) groups excluding carboxylic acids is 2. The molecule has 0 saturated carbocycles. The first kappa shape index (κ1) is 67.1. The lowest BCUT2D eigenvalue weighted by Crippen LogP contribution is -2.61. The first-order valence-corrected chi connectivity index (χ1v) is 29.2. The van der Waals surface area contributed by atoms with Crippen molar-refractivity contribution in [3.8, 4) is 0 Å². The number of ether oxygens (including phenoxy) is 3. The number of rotatable bonds is 48. The molecule has 1 saturated heterocycles. The van der Waals surface area contributed by atoms with Gasteiger partial charge in [0.05, 0.1) is 25.4 Å². The van der Waals surface area contributed by atoms with Gasteiger partial charge in [-0.3, -0.25) is 9.59 Å². The van der Waals surface area contributed by atoms with E-state index in [4.69, 9.17) is 14.2 Å². The van der Waals surface area contributed by atoms with Crippen LogP contribution in [0, 0.1) is 0 Å². The summed E-state index contributed by atoms with van der Waals surface area (Å²) in [5.74, 6) is -1.23. The van der Waals surface area contributed by atoms with Gasteiger partial charge in [0, 0.05) is 6.42 Å². The normalized spacial score (nSPS) is 20.0. The van der Waals surface area contributed by atoms with Crippen LogP contribution in [-0.4, -0.2) is 99.6 Å². The third-order valence-electron chi connectivity index (χ3n) is 13.4. The second-order valence-electron chi connectivity index (χ2n) is 20.0. The molecule has 1 fully saturated rings. The fourth-order valence-corrected chi connectivity index (χ4v) is 8.74. The topological polar surface area (TPSA) is 175 Å². The number of nitrogens with one attached hydrogen (secondary N) is 1. The van der Waals surface area contributed by atoms with Gasteiger partial charge in [-0.15, -0.1) is 0 Å². The molecule has 0 aliphatic carbocycles. The maximum absolute atomic E-state index is 13.4. The largest absolute Gasteiger partial charge is 0.454 e. The fourth-order valence-electron chi connectivity index (χ4n) is 8.74. The Balaban J connectivity index is 2.72. The quantitative estimate of drug-likeness (QED) is 0.0195. The van der Waals surface area contributed by atoms with Crippen LogP contribution in [0.15, 0.2) is 72.9 Å². The molecule has 0 aromatic heterocycles. The summed E-state index contributed by atoms with van der Waals surface area (Å²) in [7, 11) is 0. The molecule has 416 valence electrons. The average molecular weight is 1010 g/mol. The van der Waals surface area contributed by atoms with E-state index in [2.05, 4.69) is 86.8 Å². The van der Waals surface area contributed by atoms with Gasteiger partial charge in [0.1, 0.15) is 24.4 Å². The van der Waals surface area contributed by atoms with Gasteiger partial charge in [-0.1, -0.05) is 235 Å². The van der Waals surface area contributed by atoms with Crippen molar-refractivity contribution in [3.05, 3.63) is 72.9 Å². The molecule has 1 rings (SSSR count). The minimum absolute atomic E-state index is 0.0828. The fraction of sp³-hybridized carbons (Fsp3) is 0.770. The lowest BCUT2D eigenvalue weighted by atomic mass is 9.99. The number of allylic oxidation sites excluding steroid dienone is 11. The van der Waals surface area contributed by atoms with E-state index in [9.17, 15) is 35.1 Å². The molecule has 1 aliphatic rings. The van der Waals surface area contributed by atoms with E-state index in [1.807, 2.05) is 6.08 Å². The molecule has 0 aromatic carbocycles. The molecule has 0 aromatic rings. The van der Waals surface area contributed by atoms with Gasteiger partial charge in [-0.05, 0) is 70.6 Å². The summed E-state index contributed by atoms with van der Waals surface area (Å²) in [6, 6.07) is -1.03. The predicted molar refractivity (Wildman–Crippen MR) is 296 cm³/mol. The van der Waals surface area contributed by atoms with E-state index in [1.54, 1.807) is 6.08 Å². The second kappa shape index (κ2) is 49.0. The maximum Gasteiger partial charge on any atom is 0.306 e. The van der Waals surface area contributed by atoms with Crippen LogP contribution in [0.25, 0.3) is 0 Å². The summed E-state index contributed by atoms with van der Waals surface area (Å²) in [4.78, 5) is 26.4. The first-order chi connectivity index (χ1) is 35.2. The number of carbonyl (C=O) groups is 2. The highest BCUT2D eigenvalue weighted by molar-refractivity contribution is 5.80. The molecule has 8 unspecified atom stereocenters. The number of aliphatic hydroxyl groups excluding tert-OH is 5. The Bertz CT molecular complexity index is 1440. The lowest BCUT2D eigenvalue weighted by Gasteiger charge is -2.41. The van der Waals surface area contributed by atoms with Crippen molar-refractivity contribution in [3.63, 3.8) is 0 Å². The molecule has 11 nitrogen and oxygen atoms in total. The van der Waals surface area contributed by atoms with E-state index in [1.165, 1.54) is 103 Å². The average Bonchev–Trinajstić information content (AvgIpc) is 3.38. The molecule has 1 heterocycles. The number of esters is 1. The van der Waals surface area contributed by atoms with Crippen molar-refractivity contribution in [1.82, 2.24) is 5.32 Å². The van der Waals surface area contributed by atoms with Gasteiger partial charge in [0.25, 0.3) is 0 Å². The Morgan fingerprint density at radius 2 is 1.00 bits per heavy atom. The van der Waals surface area contributed by atoms with Gasteiger partial charge in [0.2, 0.25) is 5.91 Å². The Labute approximate surface area is 439 Å². The van der Waals surface area contributed by atoms with Crippen molar-refractivity contribution in [1.29, 1.82) is 0 Å². The molecule has 72 heavy (non-hydrogen) atoms. The Morgan fingerprint density at radius 3 is 1.50 bits per heavy atom. The number of hydrogen-bond donors (Lipinski definition) is 6. The van der Waals surface area contributed by atoms with Gasteiger partial charge in [0.15, 0.2) is 12.4 Å². The minimum Gasteiger partial charge on any atom is -0.454 e. The SMILES string of the molecule is CC/C=C\C/C=C\C/C=C\C/C=C\C/C=C\CCCCCC(=O)OC1C(OCC(NC(=O)C(O)CCCCCCCCCCCCCCC)C(O)/C=C/CCCCCCCCCCC)OC(CO)C(O)C1O. The van der Waals surface area contributed by atoms with Crippen molar-refractivity contribution < 1.29 is 49.3 Å². The molecule has 0 radical (unpaired) electrons. The number of aliphatic hydroxyl groups is 5. The standard InChI is InChI=1S/C61H107NO10/c1-4-7-10-13-16-19-22-24-25-26-27-28-29-31-34-37-40-43-46-49-56(66)72-59-58(68)57(67)55(50-63)71-61(59)70-51-52(53(64)47-44-41-38-35-32-21-18-15-12-9-6-3)62-60(69)54(65)48-45-42-39-36-33-30-23-20-17-14-11-8-5-2/h7,10,16,19,24-25,27-28,31,34,44,47,52-55,57-59,61,63-65,67-68H,4-6,8-9,11-15,17-18,20-23,26,29-30,32-33,35-43,45-46,48-51H2,1-3H3,(H,62,69)/b10-7-,19-16-,25-24-,28-27-,34-31-,47-44+. The number of hydrogen-bond acceptors (Lipinski definition) is 10. The van der Waals surface area contributed by atoms with Crippen molar-refractivity contribution >= 4 is 11.9 Å². The lowest BCUT2D eigenvalue weighted by molar-refractivity contribution is -0.305. The summed E-state index contributed by atoms with van der Waals surface area (Å²) >= 11 is 0. The van der Waals surface area contributed by atoms with Crippen LogP contribution in [0.5, 0.6) is 0 Å². The van der Waals surface area contributed by atoms with E-state index in [-0.39, 0.29) is 19.4 Å². The van der Waals surface area contributed by atoms with Crippen LogP contribution in [0.1, 0.15) is 239 Å². The summed E-state index contributed by atoms with van der Waals surface area (Å²) < 4.78 is 17.5. The highest BCUT2D eigenvalue weighted by Gasteiger charge is 2.47. The van der Waals surface area contributed by atoms with Crippen molar-refractivity contribution in [2.45, 2.75) is 288 Å². The summed E-state index contributed by atoms with van der Waals surface area (Å²) in [6.07, 6.45) is 50.8. The summed E-state index contributed by atoms with van der Waals surface area (Å²) in [5, 5.41) is 56.8. The van der Waals surface area contributed by atoms with Crippen LogP contribution in [-0.2, 0) is 23.8 Å². The minimum atomic E-state index is -1.63. The predicted octanol–water partition coefficient (Wildman–Crippen LogP) is 13.2. The van der Waals surface area contributed by atoms with Crippen LogP contribution in [0.2, 0.25) is 0 Å². The smallest absolute Gasteiger partial charge is 0.306 e. The monoisotopic (exact) mass is 1010 g/mol. The van der Waals surface area contributed by atoms with Crippen molar-refractivity contribution in [2.24, 2.45) is 0 Å². The molecular weight excluding hydrogens is 907 g/mol. The zero-order chi connectivity index (χ0) is 52.5. The van der Waals surface area contributed by atoms with Crippen molar-refractivity contribution in [2.75, 3.05) is 13.2 Å². The van der Waals surface area contributed by atoms with Gasteiger partial charge in [-0.25, -0.2) is 0 Å². The number of unbranched alkanes of at least 4 members (excludes halogenated alkanes) is 24. The Kier molecular flexibility index (Phi) is 45.7. The Hall–Kier alpha value is -2.90. The molecule has 1 amide bonds. The Morgan fingerprint density at radius 1 is 0.556 bits per heavy atom. The molecule has 1 aliphatic heterocycles. The zero-order valence-electron chi connectivity index (χ0n) is 45.8. The van der Waals surface area contributed by atoms with E-state index in [0.717, 1.165) is 89.9 Å². The van der Waals surface area contributed by atoms with E-state index in [0.29, 0.717) is 12.8 Å². The van der Waals surface area contributed by atoms with Gasteiger partial charge < -0.3 is 45.1 Å².